The fraction of sp³-hybridized carbons (Fsp3) is 0.929. The third kappa shape index (κ3) is 8.47. The van der Waals surface area contributed by atoms with E-state index in [1.165, 1.54) is 12.2 Å². The summed E-state index contributed by atoms with van der Waals surface area (Å²) >= 11 is 1.89. The summed E-state index contributed by atoms with van der Waals surface area (Å²) in [5.41, 5.74) is 0.0607. The van der Waals surface area contributed by atoms with E-state index < -0.39 is 0 Å². The van der Waals surface area contributed by atoms with E-state index in [0.717, 1.165) is 51.5 Å². The van der Waals surface area contributed by atoms with Gasteiger partial charge in [-0.2, -0.15) is 11.8 Å². The molecule has 5 nitrogen and oxygen atoms in total. The van der Waals surface area contributed by atoms with Gasteiger partial charge in [-0.05, 0) is 37.7 Å². The Morgan fingerprint density at radius 3 is 2.76 bits per heavy atom. The summed E-state index contributed by atoms with van der Waals surface area (Å²) in [6.07, 6.45) is 6.31. The molecule has 0 aliphatic carbocycles. The third-order valence-electron chi connectivity index (χ3n) is 3.75. The second-order valence-electron chi connectivity index (χ2n) is 5.33. The Morgan fingerprint density at radius 2 is 2.19 bits per heavy atom. The molecule has 1 aliphatic heterocycles. The lowest BCUT2D eigenvalue weighted by atomic mass is 9.84. The first-order chi connectivity index (χ1) is 9.76. The molecule has 1 heterocycles. The minimum Gasteiger partial charge on any atom is -0.396 e. The van der Waals surface area contributed by atoms with Crippen LogP contribution in [0.25, 0.3) is 0 Å². The van der Waals surface area contributed by atoms with Gasteiger partial charge in [-0.1, -0.05) is 0 Å². The van der Waals surface area contributed by atoms with Crippen molar-refractivity contribution in [2.24, 2.45) is 10.4 Å². The summed E-state index contributed by atoms with van der Waals surface area (Å²) in [4.78, 5) is 4.24. The Labute approximate surface area is 150 Å². The predicted octanol–water partition coefficient (Wildman–Crippen LogP) is 1.70. The van der Waals surface area contributed by atoms with Crippen molar-refractivity contribution in [3.05, 3.63) is 0 Å². The molecule has 0 spiro atoms. The van der Waals surface area contributed by atoms with E-state index in [0.29, 0.717) is 0 Å². The smallest absolute Gasteiger partial charge is 0.190 e. The number of unbranched alkanes of at least 4 members (excludes halogenated alkanes) is 1. The Balaban J connectivity index is 0.00000400. The Kier molecular flexibility index (Phi) is 12.9. The Bertz CT molecular complexity index is 287. The van der Waals surface area contributed by atoms with Gasteiger partial charge >= 0.3 is 0 Å². The molecule has 0 aromatic carbocycles. The maximum atomic E-state index is 9.21. The van der Waals surface area contributed by atoms with Gasteiger partial charge in [0.25, 0.3) is 0 Å². The van der Waals surface area contributed by atoms with Gasteiger partial charge in [0.1, 0.15) is 0 Å². The number of thioether (sulfide) groups is 1. The van der Waals surface area contributed by atoms with Gasteiger partial charge in [0.05, 0.1) is 6.61 Å². The van der Waals surface area contributed by atoms with E-state index in [1.807, 2.05) is 11.8 Å². The zero-order valence-corrected chi connectivity index (χ0v) is 16.3. The molecule has 1 saturated heterocycles. The molecule has 0 radical (unpaired) electrons. The van der Waals surface area contributed by atoms with E-state index in [4.69, 9.17) is 4.74 Å². The fourth-order valence-corrected chi connectivity index (χ4v) is 2.87. The molecule has 21 heavy (non-hydrogen) atoms. The number of aliphatic imine (C=N–C) groups is 1. The summed E-state index contributed by atoms with van der Waals surface area (Å²) in [6, 6.07) is 0. The highest BCUT2D eigenvalue weighted by Crippen LogP contribution is 2.31. The minimum atomic E-state index is 0. The third-order valence-corrected chi connectivity index (χ3v) is 4.45. The van der Waals surface area contributed by atoms with Gasteiger partial charge in [-0.3, -0.25) is 4.99 Å². The van der Waals surface area contributed by atoms with Crippen LogP contribution >= 0.6 is 35.7 Å². The van der Waals surface area contributed by atoms with E-state index >= 15 is 0 Å². The van der Waals surface area contributed by atoms with E-state index in [-0.39, 0.29) is 36.0 Å². The molecule has 1 unspecified atom stereocenters. The minimum absolute atomic E-state index is 0. The normalized spacial score (nSPS) is 22.0. The lowest BCUT2D eigenvalue weighted by Gasteiger charge is -2.27. The van der Waals surface area contributed by atoms with E-state index in [1.54, 1.807) is 7.05 Å². The maximum Gasteiger partial charge on any atom is 0.190 e. The van der Waals surface area contributed by atoms with Crippen molar-refractivity contribution in [2.75, 3.05) is 52.0 Å². The van der Waals surface area contributed by atoms with Crippen LogP contribution in [0.15, 0.2) is 4.99 Å². The maximum absolute atomic E-state index is 9.21. The number of halogens is 1. The number of hydrogen-bond donors (Lipinski definition) is 3. The van der Waals surface area contributed by atoms with Crippen LogP contribution in [0, 0.1) is 5.41 Å². The summed E-state index contributed by atoms with van der Waals surface area (Å²) in [5.74, 6) is 2.06. The van der Waals surface area contributed by atoms with Gasteiger partial charge in [-0.25, -0.2) is 0 Å². The molecule has 1 atom stereocenters. The first-order valence-corrected chi connectivity index (χ1v) is 8.78. The molecule has 0 aromatic heterocycles. The summed E-state index contributed by atoms with van der Waals surface area (Å²) in [6.45, 7) is 3.49. The molecular formula is C14H30IN3O2S. The first-order valence-electron chi connectivity index (χ1n) is 7.38. The molecule has 0 bridgehead atoms. The molecule has 0 amide bonds. The molecule has 1 rings (SSSR count). The highest BCUT2D eigenvalue weighted by atomic mass is 127. The van der Waals surface area contributed by atoms with Crippen molar-refractivity contribution in [1.29, 1.82) is 0 Å². The second kappa shape index (κ2) is 12.8. The molecule has 126 valence electrons. The van der Waals surface area contributed by atoms with Crippen molar-refractivity contribution in [3.63, 3.8) is 0 Å². The van der Waals surface area contributed by atoms with Crippen molar-refractivity contribution in [1.82, 2.24) is 10.6 Å². The molecule has 1 fully saturated rings. The number of nitrogens with zero attached hydrogens (tertiary/aromatic N) is 1. The average molecular weight is 431 g/mol. The topological polar surface area (TPSA) is 65.9 Å². The van der Waals surface area contributed by atoms with E-state index in [2.05, 4.69) is 21.9 Å². The number of rotatable bonds is 9. The number of aliphatic hydroxyl groups is 1. The quantitative estimate of drug-likeness (QED) is 0.225. The molecule has 1 aliphatic rings. The zero-order chi connectivity index (χ0) is 14.7. The van der Waals surface area contributed by atoms with Crippen molar-refractivity contribution < 1.29 is 9.84 Å². The van der Waals surface area contributed by atoms with Crippen LogP contribution in [-0.2, 0) is 4.74 Å². The van der Waals surface area contributed by atoms with Crippen molar-refractivity contribution in [3.8, 4) is 0 Å². The standard InChI is InChI=1S/C14H29N3O2S.HI/c1-15-13(16-7-3-4-10-20-2)17-11-14(5-8-18)6-9-19-12-14;/h18H,3-12H2,1-2H3,(H2,15,16,17);1H. The van der Waals surface area contributed by atoms with E-state index in [9.17, 15) is 5.11 Å². The average Bonchev–Trinajstić information content (AvgIpc) is 2.91. The predicted molar refractivity (Wildman–Crippen MR) is 102 cm³/mol. The van der Waals surface area contributed by atoms with Gasteiger partial charge in [0, 0.05) is 38.8 Å². The van der Waals surface area contributed by atoms with Crippen LogP contribution in [0.1, 0.15) is 25.7 Å². The fourth-order valence-electron chi connectivity index (χ4n) is 2.38. The highest BCUT2D eigenvalue weighted by molar-refractivity contribution is 14.0. The van der Waals surface area contributed by atoms with Crippen LogP contribution in [0.5, 0.6) is 0 Å². The SMILES string of the molecule is CN=C(NCCCCSC)NCC1(CCO)CCOC1.I. The van der Waals surface area contributed by atoms with Crippen LogP contribution in [-0.4, -0.2) is 63.0 Å². The van der Waals surface area contributed by atoms with Gasteiger partial charge in [0.2, 0.25) is 0 Å². The number of hydrogen-bond acceptors (Lipinski definition) is 4. The van der Waals surface area contributed by atoms with Crippen LogP contribution in [0.3, 0.4) is 0 Å². The lowest BCUT2D eigenvalue weighted by molar-refractivity contribution is 0.127. The van der Waals surface area contributed by atoms with Crippen LogP contribution in [0.2, 0.25) is 0 Å². The van der Waals surface area contributed by atoms with Gasteiger partial charge in [-0.15, -0.1) is 24.0 Å². The van der Waals surface area contributed by atoms with Crippen molar-refractivity contribution in [2.45, 2.75) is 25.7 Å². The monoisotopic (exact) mass is 431 g/mol. The summed E-state index contributed by atoms with van der Waals surface area (Å²) < 4.78 is 5.49. The highest BCUT2D eigenvalue weighted by Gasteiger charge is 2.34. The van der Waals surface area contributed by atoms with Gasteiger partial charge in [0.15, 0.2) is 5.96 Å². The number of aliphatic hydroxyl groups excluding tert-OH is 1. The number of ether oxygens (including phenoxy) is 1. The lowest BCUT2D eigenvalue weighted by Crippen LogP contribution is -2.44. The first kappa shape index (κ1) is 21.3. The van der Waals surface area contributed by atoms with Crippen molar-refractivity contribution >= 4 is 41.7 Å². The molecule has 3 N–H and O–H groups in total. The number of guanidine groups is 1. The zero-order valence-electron chi connectivity index (χ0n) is 13.2. The Hall–Kier alpha value is 0.270. The largest absolute Gasteiger partial charge is 0.396 e. The van der Waals surface area contributed by atoms with Crippen LogP contribution < -0.4 is 10.6 Å². The number of nitrogens with one attached hydrogen (secondary N) is 2. The molecule has 7 heteroatoms. The summed E-state index contributed by atoms with van der Waals surface area (Å²) in [7, 11) is 1.79. The molecular weight excluding hydrogens is 401 g/mol. The molecule has 0 aromatic rings. The molecule has 0 saturated carbocycles. The summed E-state index contributed by atoms with van der Waals surface area (Å²) in [5, 5.41) is 15.9. The van der Waals surface area contributed by atoms with Gasteiger partial charge < -0.3 is 20.5 Å². The Morgan fingerprint density at radius 1 is 1.38 bits per heavy atom. The second-order valence-corrected chi connectivity index (χ2v) is 6.31. The van der Waals surface area contributed by atoms with Crippen LogP contribution in [0.4, 0.5) is 0 Å².